The van der Waals surface area contributed by atoms with E-state index in [1.54, 1.807) is 10.9 Å². The highest BCUT2D eigenvalue weighted by atomic mass is 19.1. The smallest absolute Gasteiger partial charge is 0.254 e. The molecule has 0 spiro atoms. The summed E-state index contributed by atoms with van der Waals surface area (Å²) in [6.07, 6.45) is 4.17. The number of hydrogen-bond acceptors (Lipinski definition) is 2. The summed E-state index contributed by atoms with van der Waals surface area (Å²) in [7, 11) is 0. The van der Waals surface area contributed by atoms with Crippen molar-refractivity contribution in [2.75, 3.05) is 6.54 Å². The summed E-state index contributed by atoms with van der Waals surface area (Å²) in [6.45, 7) is 1.06. The van der Waals surface area contributed by atoms with E-state index in [1.807, 2.05) is 12.3 Å². The van der Waals surface area contributed by atoms with Gasteiger partial charge in [0.05, 0.1) is 5.56 Å². The molecule has 1 N–H and O–H groups in total. The Morgan fingerprint density at radius 1 is 1.37 bits per heavy atom. The van der Waals surface area contributed by atoms with Crippen molar-refractivity contribution in [3.05, 3.63) is 53.9 Å². The van der Waals surface area contributed by atoms with Gasteiger partial charge in [-0.05, 0) is 24.6 Å². The Labute approximate surface area is 109 Å². The highest BCUT2D eigenvalue weighted by Gasteiger charge is 2.11. The molecule has 0 aliphatic heterocycles. The maximum Gasteiger partial charge on any atom is 0.254 e. The van der Waals surface area contributed by atoms with Crippen LogP contribution in [0.2, 0.25) is 0 Å². The summed E-state index contributed by atoms with van der Waals surface area (Å²) in [5.41, 5.74) is -0.152. The minimum absolute atomic E-state index is 0.152. The van der Waals surface area contributed by atoms with Gasteiger partial charge in [-0.1, -0.05) is 0 Å². The molecule has 0 unspecified atom stereocenters. The predicted octanol–water partition coefficient (Wildman–Crippen LogP) is 1.98. The molecule has 0 radical (unpaired) electrons. The van der Waals surface area contributed by atoms with Gasteiger partial charge in [-0.25, -0.2) is 8.78 Å². The van der Waals surface area contributed by atoms with Crippen molar-refractivity contribution < 1.29 is 13.6 Å². The summed E-state index contributed by atoms with van der Waals surface area (Å²) in [5.74, 6) is -2.10. The molecule has 0 bridgehead atoms. The first-order chi connectivity index (χ1) is 9.16. The van der Waals surface area contributed by atoms with Gasteiger partial charge in [0.1, 0.15) is 11.6 Å². The lowest BCUT2D eigenvalue weighted by atomic mass is 10.2. The highest BCUT2D eigenvalue weighted by Crippen LogP contribution is 2.09. The number of carbonyl (C=O) groups is 1. The number of nitrogens with one attached hydrogen (secondary N) is 1. The Bertz CT molecular complexity index is 555. The molecule has 100 valence electrons. The Kier molecular flexibility index (Phi) is 4.22. The standard InChI is InChI=1S/C13H13F2N3O/c14-10-3-4-11(12(15)9-10)13(19)16-5-1-7-18-8-2-6-17-18/h2-4,6,8-9H,1,5,7H2,(H,16,19). The molecule has 1 aromatic heterocycles. The van der Waals surface area contributed by atoms with Crippen molar-refractivity contribution in [3.8, 4) is 0 Å². The quantitative estimate of drug-likeness (QED) is 0.840. The van der Waals surface area contributed by atoms with Gasteiger partial charge in [0, 0.05) is 31.5 Å². The van der Waals surface area contributed by atoms with Crippen molar-refractivity contribution in [2.24, 2.45) is 0 Å². The minimum atomic E-state index is -0.857. The third kappa shape index (κ3) is 3.61. The molecule has 0 saturated heterocycles. The molecule has 6 heteroatoms. The highest BCUT2D eigenvalue weighted by molar-refractivity contribution is 5.94. The fourth-order valence-electron chi connectivity index (χ4n) is 1.64. The molecular formula is C13H13F2N3O. The molecule has 19 heavy (non-hydrogen) atoms. The SMILES string of the molecule is O=C(NCCCn1cccn1)c1ccc(F)cc1F. The lowest BCUT2D eigenvalue weighted by Crippen LogP contribution is -2.26. The van der Waals surface area contributed by atoms with Gasteiger partial charge in [-0.2, -0.15) is 5.10 Å². The number of rotatable bonds is 5. The van der Waals surface area contributed by atoms with Gasteiger partial charge in [0.25, 0.3) is 5.91 Å². The van der Waals surface area contributed by atoms with Crippen LogP contribution in [-0.2, 0) is 6.54 Å². The van der Waals surface area contributed by atoms with Crippen LogP contribution in [0.1, 0.15) is 16.8 Å². The average molecular weight is 265 g/mol. The Hall–Kier alpha value is -2.24. The Morgan fingerprint density at radius 3 is 2.89 bits per heavy atom. The van der Waals surface area contributed by atoms with E-state index < -0.39 is 17.5 Å². The predicted molar refractivity (Wildman–Crippen MR) is 65.5 cm³/mol. The van der Waals surface area contributed by atoms with Crippen LogP contribution in [-0.4, -0.2) is 22.2 Å². The second kappa shape index (κ2) is 6.08. The van der Waals surface area contributed by atoms with E-state index in [4.69, 9.17) is 0 Å². The molecule has 0 atom stereocenters. The van der Waals surface area contributed by atoms with Crippen LogP contribution in [0.5, 0.6) is 0 Å². The van der Waals surface area contributed by atoms with Crippen molar-refractivity contribution in [1.29, 1.82) is 0 Å². The van der Waals surface area contributed by atoms with Gasteiger partial charge in [0.15, 0.2) is 0 Å². The molecule has 2 rings (SSSR count). The van der Waals surface area contributed by atoms with E-state index in [1.165, 1.54) is 0 Å². The lowest BCUT2D eigenvalue weighted by molar-refractivity contribution is 0.0948. The first-order valence-corrected chi connectivity index (χ1v) is 5.87. The number of benzene rings is 1. The molecule has 2 aromatic rings. The Balaban J connectivity index is 1.81. The first kappa shape index (κ1) is 13.2. The number of aryl methyl sites for hydroxylation is 1. The molecule has 4 nitrogen and oxygen atoms in total. The zero-order valence-electron chi connectivity index (χ0n) is 10.1. The second-order valence-electron chi connectivity index (χ2n) is 4.00. The van der Waals surface area contributed by atoms with Crippen LogP contribution in [0.25, 0.3) is 0 Å². The summed E-state index contributed by atoms with van der Waals surface area (Å²) in [4.78, 5) is 11.6. The summed E-state index contributed by atoms with van der Waals surface area (Å²) in [5, 5.41) is 6.60. The van der Waals surface area contributed by atoms with Gasteiger partial charge in [-0.15, -0.1) is 0 Å². The van der Waals surface area contributed by atoms with Crippen LogP contribution < -0.4 is 5.32 Å². The van der Waals surface area contributed by atoms with Crippen molar-refractivity contribution in [3.63, 3.8) is 0 Å². The van der Waals surface area contributed by atoms with Gasteiger partial charge in [0.2, 0.25) is 0 Å². The van der Waals surface area contributed by atoms with Crippen LogP contribution >= 0.6 is 0 Å². The zero-order chi connectivity index (χ0) is 13.7. The third-order valence-electron chi connectivity index (χ3n) is 2.58. The summed E-state index contributed by atoms with van der Waals surface area (Å²) in [6, 6.07) is 4.69. The van der Waals surface area contributed by atoms with Gasteiger partial charge < -0.3 is 5.32 Å². The molecule has 1 amide bonds. The second-order valence-corrected chi connectivity index (χ2v) is 4.00. The van der Waals surface area contributed by atoms with E-state index in [-0.39, 0.29) is 5.56 Å². The lowest BCUT2D eigenvalue weighted by Gasteiger charge is -2.06. The topological polar surface area (TPSA) is 46.9 Å². The van der Waals surface area contributed by atoms with Crippen molar-refractivity contribution >= 4 is 5.91 Å². The van der Waals surface area contributed by atoms with Crippen molar-refractivity contribution in [2.45, 2.75) is 13.0 Å². The number of aromatic nitrogens is 2. The van der Waals surface area contributed by atoms with E-state index in [0.29, 0.717) is 25.6 Å². The molecule has 0 aliphatic rings. The minimum Gasteiger partial charge on any atom is -0.352 e. The maximum atomic E-state index is 13.3. The van der Waals surface area contributed by atoms with Gasteiger partial charge >= 0.3 is 0 Å². The number of hydrogen-bond donors (Lipinski definition) is 1. The van der Waals surface area contributed by atoms with Crippen LogP contribution in [0.3, 0.4) is 0 Å². The van der Waals surface area contributed by atoms with E-state index in [0.717, 1.165) is 12.1 Å². The fourth-order valence-corrected chi connectivity index (χ4v) is 1.64. The van der Waals surface area contributed by atoms with E-state index in [9.17, 15) is 13.6 Å². The first-order valence-electron chi connectivity index (χ1n) is 5.87. The molecule has 1 aromatic carbocycles. The Morgan fingerprint density at radius 2 is 2.21 bits per heavy atom. The normalized spacial score (nSPS) is 10.4. The van der Waals surface area contributed by atoms with E-state index in [2.05, 4.69) is 10.4 Å². The van der Waals surface area contributed by atoms with E-state index >= 15 is 0 Å². The van der Waals surface area contributed by atoms with Crippen LogP contribution in [0, 0.1) is 11.6 Å². The van der Waals surface area contributed by atoms with Gasteiger partial charge in [-0.3, -0.25) is 9.48 Å². The molecule has 0 saturated carbocycles. The largest absolute Gasteiger partial charge is 0.352 e. The molecule has 0 aliphatic carbocycles. The molecule has 1 heterocycles. The zero-order valence-corrected chi connectivity index (χ0v) is 10.1. The monoisotopic (exact) mass is 265 g/mol. The number of nitrogens with zero attached hydrogens (tertiary/aromatic N) is 2. The number of carbonyl (C=O) groups excluding carboxylic acids is 1. The van der Waals surface area contributed by atoms with Crippen LogP contribution in [0.15, 0.2) is 36.7 Å². The molecular weight excluding hydrogens is 252 g/mol. The fraction of sp³-hybridized carbons (Fsp3) is 0.231. The summed E-state index contributed by atoms with van der Waals surface area (Å²) < 4.78 is 27.8. The van der Waals surface area contributed by atoms with Crippen LogP contribution in [0.4, 0.5) is 8.78 Å². The third-order valence-corrected chi connectivity index (χ3v) is 2.58. The van der Waals surface area contributed by atoms with Crippen molar-refractivity contribution in [1.82, 2.24) is 15.1 Å². The maximum absolute atomic E-state index is 13.3. The number of amides is 1. The summed E-state index contributed by atoms with van der Waals surface area (Å²) >= 11 is 0. The number of halogens is 2. The molecule has 0 fully saturated rings. The average Bonchev–Trinajstić information content (AvgIpc) is 2.87.